The van der Waals surface area contributed by atoms with Crippen molar-refractivity contribution < 1.29 is 4.74 Å². The molecule has 0 spiro atoms. The molecule has 0 aliphatic carbocycles. The van der Waals surface area contributed by atoms with E-state index in [9.17, 15) is 0 Å². The molecule has 3 heterocycles. The molecular formula is C63H70N4O. The first-order valence-corrected chi connectivity index (χ1v) is 24.4. The van der Waals surface area contributed by atoms with E-state index in [-0.39, 0.29) is 27.1 Å². The van der Waals surface area contributed by atoms with Gasteiger partial charge in [0.2, 0.25) is 0 Å². The van der Waals surface area contributed by atoms with E-state index in [0.29, 0.717) is 6.67 Å². The molecule has 0 atom stereocenters. The maximum Gasteiger partial charge on any atom is 0.137 e. The van der Waals surface area contributed by atoms with Crippen LogP contribution < -0.4 is 14.5 Å². The Morgan fingerprint density at radius 2 is 1.06 bits per heavy atom. The molecule has 0 bridgehead atoms. The Hall–Kier alpha value is -6.59. The first-order chi connectivity index (χ1) is 31.9. The molecule has 1 aliphatic heterocycles. The summed E-state index contributed by atoms with van der Waals surface area (Å²) >= 11 is 0. The standard InChI is InChI=1S/C63H70N4O/c1-59(2,3)45-25-28-55-54(36-45)53-27-26-51(39-56(53)67(55)58-37-46(29-30-64-58)60(4,5)6)68-52-32-43(42-21-17-15-18-22-42)31-50(38-52)66-41-65(40-57(66)63(13,14)44-23-19-16-20-24-44)49-34-47(61(7,8)9)33-48(35-49)62(10,11)12/h15-40H,41H2,1-14H3. The van der Waals surface area contributed by atoms with Crippen molar-refractivity contribution in [1.29, 1.82) is 0 Å². The van der Waals surface area contributed by atoms with Crippen LogP contribution in [-0.4, -0.2) is 16.2 Å². The van der Waals surface area contributed by atoms with Crippen molar-refractivity contribution in [3.8, 4) is 28.4 Å². The SMILES string of the molecule is CC(C)(C)c1cc(N2C=C(C(C)(C)c3ccccc3)N(c3cc(Oc4ccc5c6cc(C(C)(C)C)ccc6n(-c6cc(C(C)(C)C)ccn6)c5c4)cc(-c4ccccc4)c3)C2)cc(C(C)(C)C)c1. The predicted octanol–water partition coefficient (Wildman–Crippen LogP) is 16.9. The number of rotatable bonds is 8. The first-order valence-electron chi connectivity index (χ1n) is 24.4. The number of hydrogen-bond donors (Lipinski definition) is 0. The van der Waals surface area contributed by atoms with Gasteiger partial charge in [0.05, 0.1) is 17.7 Å². The molecular weight excluding hydrogens is 829 g/mol. The summed E-state index contributed by atoms with van der Waals surface area (Å²) in [6, 6.07) is 53.3. The van der Waals surface area contributed by atoms with Gasteiger partial charge in [0, 0.05) is 57.8 Å². The highest BCUT2D eigenvalue weighted by Gasteiger charge is 2.37. The fourth-order valence-electron chi connectivity index (χ4n) is 9.52. The zero-order chi connectivity index (χ0) is 48.6. The van der Waals surface area contributed by atoms with Crippen molar-refractivity contribution in [3.05, 3.63) is 192 Å². The number of pyridine rings is 1. The Morgan fingerprint density at radius 1 is 0.441 bits per heavy atom. The summed E-state index contributed by atoms with van der Waals surface area (Å²) in [4.78, 5) is 9.94. The Morgan fingerprint density at radius 3 is 1.69 bits per heavy atom. The van der Waals surface area contributed by atoms with E-state index in [1.165, 1.54) is 50.0 Å². The fourth-order valence-corrected chi connectivity index (χ4v) is 9.52. The Labute approximate surface area is 406 Å². The van der Waals surface area contributed by atoms with Gasteiger partial charge in [-0.05, 0) is 121 Å². The number of anilines is 2. The zero-order valence-electron chi connectivity index (χ0n) is 42.9. The van der Waals surface area contributed by atoms with E-state index in [4.69, 9.17) is 9.72 Å². The third-order valence-corrected chi connectivity index (χ3v) is 14.0. The molecule has 8 aromatic rings. The van der Waals surface area contributed by atoms with Crippen LogP contribution in [0.1, 0.15) is 125 Å². The molecule has 0 amide bonds. The third kappa shape index (κ3) is 9.08. The van der Waals surface area contributed by atoms with Gasteiger partial charge in [-0.3, -0.25) is 4.57 Å². The number of ether oxygens (including phenoxy) is 1. The van der Waals surface area contributed by atoms with E-state index < -0.39 is 0 Å². The molecule has 0 unspecified atom stereocenters. The van der Waals surface area contributed by atoms with E-state index in [1.54, 1.807) is 0 Å². The lowest BCUT2D eigenvalue weighted by atomic mass is 9.80. The molecule has 0 saturated carbocycles. The van der Waals surface area contributed by atoms with Gasteiger partial charge in [-0.2, -0.15) is 0 Å². The normalized spacial score (nSPS) is 14.0. The van der Waals surface area contributed by atoms with E-state index in [1.807, 2.05) is 6.20 Å². The van der Waals surface area contributed by atoms with Gasteiger partial charge in [-0.15, -0.1) is 0 Å². The number of benzene rings is 6. The van der Waals surface area contributed by atoms with Crippen LogP contribution in [0.15, 0.2) is 164 Å². The maximum absolute atomic E-state index is 7.12. The largest absolute Gasteiger partial charge is 0.457 e. The van der Waals surface area contributed by atoms with Crippen molar-refractivity contribution in [2.24, 2.45) is 0 Å². The monoisotopic (exact) mass is 899 g/mol. The summed E-state index contributed by atoms with van der Waals surface area (Å²) in [5, 5.41) is 2.37. The molecule has 5 nitrogen and oxygen atoms in total. The van der Waals surface area contributed by atoms with E-state index in [2.05, 4.69) is 263 Å². The van der Waals surface area contributed by atoms with E-state index in [0.717, 1.165) is 45.2 Å². The van der Waals surface area contributed by atoms with Crippen LogP contribution in [0.3, 0.4) is 0 Å². The zero-order valence-corrected chi connectivity index (χ0v) is 42.9. The summed E-state index contributed by atoms with van der Waals surface area (Å²) < 4.78 is 9.43. The van der Waals surface area contributed by atoms with Crippen molar-refractivity contribution in [1.82, 2.24) is 9.55 Å². The summed E-state index contributed by atoms with van der Waals surface area (Å²) in [6.45, 7) is 32.8. The van der Waals surface area contributed by atoms with Gasteiger partial charge in [0.15, 0.2) is 0 Å². The molecule has 348 valence electrons. The number of aromatic nitrogens is 2. The van der Waals surface area contributed by atoms with Crippen LogP contribution in [0.2, 0.25) is 0 Å². The van der Waals surface area contributed by atoms with Gasteiger partial charge in [0.25, 0.3) is 0 Å². The molecule has 6 aromatic carbocycles. The second-order valence-corrected chi connectivity index (χ2v) is 23.6. The van der Waals surface area contributed by atoms with E-state index >= 15 is 0 Å². The van der Waals surface area contributed by atoms with Gasteiger partial charge < -0.3 is 14.5 Å². The van der Waals surface area contributed by atoms with Gasteiger partial charge >= 0.3 is 0 Å². The average molecular weight is 899 g/mol. The van der Waals surface area contributed by atoms with Crippen LogP contribution in [0, 0.1) is 0 Å². The van der Waals surface area contributed by atoms with Crippen molar-refractivity contribution in [3.63, 3.8) is 0 Å². The lowest BCUT2D eigenvalue weighted by Gasteiger charge is -2.34. The number of hydrogen-bond acceptors (Lipinski definition) is 4. The molecule has 1 aliphatic rings. The molecule has 0 radical (unpaired) electrons. The lowest BCUT2D eigenvalue weighted by molar-refractivity contribution is 0.483. The van der Waals surface area contributed by atoms with Crippen molar-refractivity contribution >= 4 is 33.2 Å². The molecule has 0 saturated heterocycles. The predicted molar refractivity (Wildman–Crippen MR) is 289 cm³/mol. The molecule has 2 aromatic heterocycles. The minimum atomic E-state index is -0.335. The highest BCUT2D eigenvalue weighted by molar-refractivity contribution is 6.09. The van der Waals surface area contributed by atoms with Crippen molar-refractivity contribution in [2.45, 2.75) is 124 Å². The minimum absolute atomic E-state index is 0.00110. The van der Waals surface area contributed by atoms with Crippen LogP contribution in [0.25, 0.3) is 38.8 Å². The summed E-state index contributed by atoms with van der Waals surface area (Å²) in [5.74, 6) is 2.43. The topological polar surface area (TPSA) is 33.5 Å². The van der Waals surface area contributed by atoms with Crippen LogP contribution in [-0.2, 0) is 27.1 Å². The lowest BCUT2D eigenvalue weighted by Crippen LogP contribution is -2.34. The third-order valence-electron chi connectivity index (χ3n) is 14.0. The summed E-state index contributed by atoms with van der Waals surface area (Å²) in [6.07, 6.45) is 4.33. The molecule has 68 heavy (non-hydrogen) atoms. The van der Waals surface area contributed by atoms with Gasteiger partial charge in [0.1, 0.15) is 17.3 Å². The van der Waals surface area contributed by atoms with Crippen LogP contribution in [0.5, 0.6) is 11.5 Å². The fraction of sp³-hybridized carbons (Fsp3) is 0.317. The second-order valence-electron chi connectivity index (χ2n) is 23.6. The van der Waals surface area contributed by atoms with Gasteiger partial charge in [-0.1, -0.05) is 170 Å². The Balaban J connectivity index is 1.20. The number of nitrogens with zero attached hydrogens (tertiary/aromatic N) is 4. The molecule has 5 heteroatoms. The number of allylic oxidation sites excluding steroid dienone is 1. The Bertz CT molecular complexity index is 3150. The van der Waals surface area contributed by atoms with Gasteiger partial charge in [-0.25, -0.2) is 4.98 Å². The molecule has 0 N–H and O–H groups in total. The average Bonchev–Trinajstić information content (AvgIpc) is 3.89. The summed E-state index contributed by atoms with van der Waals surface area (Å²) in [5.41, 5.74) is 13.9. The Kier molecular flexibility index (Phi) is 11.5. The van der Waals surface area contributed by atoms with Crippen LogP contribution >= 0.6 is 0 Å². The highest BCUT2D eigenvalue weighted by Crippen LogP contribution is 2.45. The van der Waals surface area contributed by atoms with Crippen LogP contribution in [0.4, 0.5) is 11.4 Å². The smallest absolute Gasteiger partial charge is 0.137 e. The molecule has 9 rings (SSSR count). The maximum atomic E-state index is 7.12. The quantitative estimate of drug-likeness (QED) is 0.152. The highest BCUT2D eigenvalue weighted by atomic mass is 16.5. The second kappa shape index (κ2) is 16.9. The van der Waals surface area contributed by atoms with Crippen molar-refractivity contribution in [2.75, 3.05) is 16.5 Å². The molecule has 0 fully saturated rings. The first kappa shape index (κ1) is 46.5. The number of fused-ring (bicyclic) bond motifs is 3. The summed E-state index contributed by atoms with van der Waals surface area (Å²) in [7, 11) is 0. The minimum Gasteiger partial charge on any atom is -0.457 e.